The molecule has 3 aromatic carbocycles. The van der Waals surface area contributed by atoms with Gasteiger partial charge in [0.1, 0.15) is 29.7 Å². The van der Waals surface area contributed by atoms with Crippen molar-refractivity contribution in [1.29, 1.82) is 5.26 Å². The molecule has 0 heterocycles. The molecule has 1 N–H and O–H groups in total. The van der Waals surface area contributed by atoms with Gasteiger partial charge in [0.15, 0.2) is 0 Å². The predicted octanol–water partition coefficient (Wildman–Crippen LogP) is 5.83. The SMILES string of the molecule is C=CCc1cc(/C=C(/C#N)C(=O)NCc2ccc(OC)cc2)ccc1OCc1ccc(I)cc1. The van der Waals surface area contributed by atoms with Gasteiger partial charge in [0, 0.05) is 10.1 Å². The molecule has 3 aromatic rings. The fourth-order valence-corrected chi connectivity index (χ4v) is 3.58. The second kappa shape index (κ2) is 12.6. The molecule has 0 bridgehead atoms. The van der Waals surface area contributed by atoms with Crippen LogP contribution in [0.25, 0.3) is 6.08 Å². The molecule has 0 spiro atoms. The Morgan fingerprint density at radius 2 is 1.79 bits per heavy atom. The molecule has 0 fully saturated rings. The van der Waals surface area contributed by atoms with Gasteiger partial charge >= 0.3 is 0 Å². The zero-order valence-corrected chi connectivity index (χ0v) is 21.0. The number of rotatable bonds is 10. The summed E-state index contributed by atoms with van der Waals surface area (Å²) in [6.07, 6.45) is 3.99. The van der Waals surface area contributed by atoms with Crippen LogP contribution in [-0.2, 0) is 24.4 Å². The Balaban J connectivity index is 1.70. The molecule has 1 amide bonds. The van der Waals surface area contributed by atoms with E-state index in [4.69, 9.17) is 9.47 Å². The second-order valence-corrected chi connectivity index (χ2v) is 8.72. The Bertz CT molecular complexity index is 1210. The van der Waals surface area contributed by atoms with E-state index in [1.165, 1.54) is 3.57 Å². The summed E-state index contributed by atoms with van der Waals surface area (Å²) in [4.78, 5) is 12.6. The van der Waals surface area contributed by atoms with E-state index in [-0.39, 0.29) is 5.57 Å². The Labute approximate surface area is 213 Å². The van der Waals surface area contributed by atoms with Crippen LogP contribution in [0, 0.1) is 14.9 Å². The van der Waals surface area contributed by atoms with E-state index in [0.29, 0.717) is 19.6 Å². The van der Waals surface area contributed by atoms with Crippen molar-refractivity contribution in [1.82, 2.24) is 5.32 Å². The van der Waals surface area contributed by atoms with Crippen LogP contribution in [0.3, 0.4) is 0 Å². The number of allylic oxidation sites excluding steroid dienone is 1. The number of methoxy groups -OCH3 is 1. The lowest BCUT2D eigenvalue weighted by molar-refractivity contribution is -0.117. The second-order valence-electron chi connectivity index (χ2n) is 7.48. The van der Waals surface area contributed by atoms with E-state index in [9.17, 15) is 10.1 Å². The molecular formula is C28H25IN2O3. The normalized spacial score (nSPS) is 10.8. The lowest BCUT2D eigenvalue weighted by Gasteiger charge is -2.12. The summed E-state index contributed by atoms with van der Waals surface area (Å²) < 4.78 is 12.3. The van der Waals surface area contributed by atoms with Gasteiger partial charge in [-0.25, -0.2) is 0 Å². The van der Waals surface area contributed by atoms with Gasteiger partial charge < -0.3 is 14.8 Å². The van der Waals surface area contributed by atoms with Gasteiger partial charge in [0.2, 0.25) is 0 Å². The van der Waals surface area contributed by atoms with E-state index in [0.717, 1.165) is 33.8 Å². The standard InChI is InChI=1S/C28H25IN2O3/c1-3-4-23-15-22(9-14-27(23)34-19-21-5-10-25(29)11-6-21)16-24(17-30)28(32)31-18-20-7-12-26(33-2)13-8-20/h3,5-16H,1,4,18-19H2,2H3,(H,31,32)/b24-16-. The fourth-order valence-electron chi connectivity index (χ4n) is 3.22. The van der Waals surface area contributed by atoms with Crippen LogP contribution in [0.4, 0.5) is 0 Å². The van der Waals surface area contributed by atoms with Gasteiger partial charge in [-0.1, -0.05) is 36.4 Å². The molecule has 34 heavy (non-hydrogen) atoms. The third-order valence-corrected chi connectivity index (χ3v) is 5.76. The molecule has 0 saturated heterocycles. The van der Waals surface area contributed by atoms with Gasteiger partial charge in [-0.3, -0.25) is 4.79 Å². The molecule has 6 heteroatoms. The smallest absolute Gasteiger partial charge is 0.262 e. The lowest BCUT2D eigenvalue weighted by Crippen LogP contribution is -2.23. The maximum Gasteiger partial charge on any atom is 0.262 e. The Morgan fingerprint density at radius 1 is 1.09 bits per heavy atom. The third-order valence-electron chi connectivity index (χ3n) is 5.04. The molecule has 0 saturated carbocycles. The van der Waals surface area contributed by atoms with Crippen LogP contribution in [0.2, 0.25) is 0 Å². The number of nitriles is 1. The number of nitrogens with one attached hydrogen (secondary N) is 1. The molecule has 0 atom stereocenters. The average molecular weight is 564 g/mol. The summed E-state index contributed by atoms with van der Waals surface area (Å²) in [6.45, 7) is 4.59. The lowest BCUT2D eigenvalue weighted by atomic mass is 10.0. The van der Waals surface area contributed by atoms with E-state index in [1.54, 1.807) is 19.3 Å². The average Bonchev–Trinajstić information content (AvgIpc) is 2.86. The van der Waals surface area contributed by atoms with Crippen molar-refractivity contribution >= 4 is 34.6 Å². The molecule has 172 valence electrons. The summed E-state index contributed by atoms with van der Waals surface area (Å²) >= 11 is 2.27. The summed E-state index contributed by atoms with van der Waals surface area (Å²) in [6, 6.07) is 23.2. The van der Waals surface area contributed by atoms with Crippen molar-refractivity contribution in [3.63, 3.8) is 0 Å². The fraction of sp³-hybridized carbons (Fsp3) is 0.143. The minimum atomic E-state index is -0.428. The molecular weight excluding hydrogens is 539 g/mol. The van der Waals surface area contributed by atoms with Crippen molar-refractivity contribution in [2.75, 3.05) is 7.11 Å². The highest BCUT2D eigenvalue weighted by Gasteiger charge is 2.11. The van der Waals surface area contributed by atoms with Crippen molar-refractivity contribution in [2.45, 2.75) is 19.6 Å². The Morgan fingerprint density at radius 3 is 2.44 bits per heavy atom. The molecule has 0 aliphatic carbocycles. The molecule has 0 aliphatic heterocycles. The Kier molecular flexibility index (Phi) is 9.30. The monoisotopic (exact) mass is 564 g/mol. The Hall–Kier alpha value is -3.57. The van der Waals surface area contributed by atoms with Crippen molar-refractivity contribution in [3.8, 4) is 17.6 Å². The predicted molar refractivity (Wildman–Crippen MR) is 142 cm³/mol. The number of nitrogens with zero attached hydrogens (tertiary/aromatic N) is 1. The number of carbonyl (C=O) groups excluding carboxylic acids is 1. The van der Waals surface area contributed by atoms with Crippen LogP contribution >= 0.6 is 22.6 Å². The number of hydrogen-bond donors (Lipinski definition) is 1. The first-order valence-electron chi connectivity index (χ1n) is 10.7. The quantitative estimate of drug-likeness (QED) is 0.146. The first kappa shape index (κ1) is 25.1. The minimum Gasteiger partial charge on any atom is -0.497 e. The van der Waals surface area contributed by atoms with Crippen molar-refractivity contribution in [2.24, 2.45) is 0 Å². The van der Waals surface area contributed by atoms with E-state index in [1.807, 2.05) is 72.8 Å². The highest BCUT2D eigenvalue weighted by molar-refractivity contribution is 14.1. The largest absolute Gasteiger partial charge is 0.497 e. The van der Waals surface area contributed by atoms with Crippen molar-refractivity contribution < 1.29 is 14.3 Å². The van der Waals surface area contributed by atoms with Crippen LogP contribution in [0.1, 0.15) is 22.3 Å². The van der Waals surface area contributed by atoms with Gasteiger partial charge in [0.05, 0.1) is 7.11 Å². The van der Waals surface area contributed by atoms with Crippen LogP contribution in [-0.4, -0.2) is 13.0 Å². The maximum absolute atomic E-state index is 12.6. The first-order chi connectivity index (χ1) is 16.5. The molecule has 0 unspecified atom stereocenters. The highest BCUT2D eigenvalue weighted by atomic mass is 127. The van der Waals surface area contributed by atoms with Gasteiger partial charge in [-0.15, -0.1) is 6.58 Å². The van der Waals surface area contributed by atoms with E-state index >= 15 is 0 Å². The maximum atomic E-state index is 12.6. The molecule has 3 rings (SSSR count). The van der Waals surface area contributed by atoms with E-state index < -0.39 is 5.91 Å². The highest BCUT2D eigenvalue weighted by Crippen LogP contribution is 2.24. The number of benzene rings is 3. The van der Waals surface area contributed by atoms with Gasteiger partial charge in [-0.2, -0.15) is 5.26 Å². The molecule has 0 aliphatic rings. The zero-order valence-electron chi connectivity index (χ0n) is 18.9. The first-order valence-corrected chi connectivity index (χ1v) is 11.7. The van der Waals surface area contributed by atoms with Gasteiger partial charge in [0.25, 0.3) is 5.91 Å². The van der Waals surface area contributed by atoms with Gasteiger partial charge in [-0.05, 0) is 93.7 Å². The van der Waals surface area contributed by atoms with E-state index in [2.05, 4.69) is 34.5 Å². The molecule has 0 aromatic heterocycles. The number of halogens is 1. The number of carbonyl (C=O) groups is 1. The number of amides is 1. The summed E-state index contributed by atoms with van der Waals surface area (Å²) in [5, 5.41) is 12.3. The number of hydrogen-bond acceptors (Lipinski definition) is 4. The van der Waals surface area contributed by atoms with Crippen molar-refractivity contribution in [3.05, 3.63) is 111 Å². The van der Waals surface area contributed by atoms with Crippen LogP contribution < -0.4 is 14.8 Å². The summed E-state index contributed by atoms with van der Waals surface area (Å²) in [7, 11) is 1.60. The topological polar surface area (TPSA) is 71.4 Å². The summed E-state index contributed by atoms with van der Waals surface area (Å²) in [5.41, 5.74) is 3.70. The van der Waals surface area contributed by atoms with Crippen LogP contribution in [0.15, 0.2) is 85.0 Å². The molecule has 0 radical (unpaired) electrons. The zero-order chi connectivity index (χ0) is 24.3. The minimum absolute atomic E-state index is 0.0330. The summed E-state index contributed by atoms with van der Waals surface area (Å²) in [5.74, 6) is 1.06. The number of ether oxygens (including phenoxy) is 2. The molecule has 5 nitrogen and oxygen atoms in total. The third kappa shape index (κ3) is 7.22. The van der Waals surface area contributed by atoms with Crippen LogP contribution in [0.5, 0.6) is 11.5 Å².